The number of benzene rings is 2. The minimum Gasteiger partial charge on any atom is -0.497 e. The van der Waals surface area contributed by atoms with E-state index in [0.717, 1.165) is 11.3 Å². The number of hydrogen-bond acceptors (Lipinski definition) is 9. The Kier molecular flexibility index (Phi) is 9.29. The normalized spacial score (nSPS) is 15.4. The Hall–Kier alpha value is -3.86. The number of nitro benzene ring substituents is 1. The van der Waals surface area contributed by atoms with Crippen LogP contribution in [-0.2, 0) is 20.0 Å². The molecule has 10 nitrogen and oxygen atoms in total. The summed E-state index contributed by atoms with van der Waals surface area (Å²) in [4.78, 5) is 43.3. The third-order valence-corrected chi connectivity index (χ3v) is 6.37. The lowest BCUT2D eigenvalue weighted by molar-refractivity contribution is -0.384. The molecular weight excluding hydrogens is 498 g/mol. The summed E-state index contributed by atoms with van der Waals surface area (Å²) < 4.78 is 16.0. The highest BCUT2D eigenvalue weighted by Gasteiger charge is 2.41. The third kappa shape index (κ3) is 6.67. The van der Waals surface area contributed by atoms with E-state index in [1.807, 2.05) is 24.3 Å². The summed E-state index contributed by atoms with van der Waals surface area (Å²) in [6, 6.07) is 12.2. The maximum Gasteiger partial charge on any atom is 0.417 e. The zero-order valence-electron chi connectivity index (χ0n) is 21.3. The monoisotopic (exact) mass is 527 g/mol. The van der Waals surface area contributed by atoms with Gasteiger partial charge in [-0.3, -0.25) is 10.1 Å². The maximum atomic E-state index is 13.4. The van der Waals surface area contributed by atoms with Crippen molar-refractivity contribution in [2.45, 2.75) is 45.6 Å². The van der Waals surface area contributed by atoms with Crippen LogP contribution >= 0.6 is 11.8 Å². The van der Waals surface area contributed by atoms with Gasteiger partial charge in [-0.15, -0.1) is 0 Å². The molecule has 0 radical (unpaired) electrons. The number of non-ortho nitro benzene ring substituents is 1. The van der Waals surface area contributed by atoms with E-state index in [2.05, 4.69) is 4.99 Å². The van der Waals surface area contributed by atoms with Crippen LogP contribution in [-0.4, -0.2) is 46.9 Å². The van der Waals surface area contributed by atoms with Crippen molar-refractivity contribution in [2.24, 2.45) is 4.99 Å². The summed E-state index contributed by atoms with van der Waals surface area (Å²) in [7, 11) is 1.59. The number of carbonyl (C=O) groups excluding carboxylic acids is 2. The predicted octanol–water partition coefficient (Wildman–Crippen LogP) is 5.63. The van der Waals surface area contributed by atoms with Crippen LogP contribution in [0.4, 0.5) is 10.5 Å². The SMILES string of the molecule is CCOC(=O)C1=C(C)N=C(SCc2ccc(OC)cc2)N(C(=O)OC(C)C)C1c1cccc([N+](=O)[O-])c1. The fourth-order valence-corrected chi connectivity index (χ4v) is 4.71. The summed E-state index contributed by atoms with van der Waals surface area (Å²) in [5, 5.41) is 11.8. The third-order valence-electron chi connectivity index (χ3n) is 5.34. The number of ether oxygens (including phenoxy) is 3. The van der Waals surface area contributed by atoms with E-state index in [4.69, 9.17) is 14.2 Å². The molecule has 2 aromatic carbocycles. The topological polar surface area (TPSA) is 121 Å². The van der Waals surface area contributed by atoms with Crippen molar-refractivity contribution in [1.82, 2.24) is 4.90 Å². The van der Waals surface area contributed by atoms with Crippen molar-refractivity contribution in [3.05, 3.63) is 81.0 Å². The van der Waals surface area contributed by atoms with E-state index >= 15 is 0 Å². The standard InChI is InChI=1S/C26H29N3O7S/c1-6-35-24(30)22-17(4)27-25(37-15-18-10-12-21(34-5)13-11-18)28(26(31)36-16(2)3)23(22)19-8-7-9-20(14-19)29(32)33/h7-14,16,23H,6,15H2,1-5H3. The van der Waals surface area contributed by atoms with Gasteiger partial charge in [0.1, 0.15) is 11.8 Å². The fraction of sp³-hybridized carbons (Fsp3) is 0.346. The van der Waals surface area contributed by atoms with Crippen molar-refractivity contribution >= 4 is 34.7 Å². The lowest BCUT2D eigenvalue weighted by Gasteiger charge is -2.36. The summed E-state index contributed by atoms with van der Waals surface area (Å²) >= 11 is 1.28. The molecule has 2 aromatic rings. The second-order valence-corrected chi connectivity index (χ2v) is 9.25. The summed E-state index contributed by atoms with van der Waals surface area (Å²) in [5.41, 5.74) is 1.59. The number of thioether (sulfide) groups is 1. The molecule has 0 saturated carbocycles. The van der Waals surface area contributed by atoms with Gasteiger partial charge in [-0.05, 0) is 51.0 Å². The number of amides is 1. The number of rotatable bonds is 8. The van der Waals surface area contributed by atoms with Crippen LogP contribution in [0.25, 0.3) is 0 Å². The van der Waals surface area contributed by atoms with E-state index in [9.17, 15) is 19.7 Å². The molecule has 1 aliphatic rings. The first-order valence-electron chi connectivity index (χ1n) is 11.6. The smallest absolute Gasteiger partial charge is 0.417 e. The van der Waals surface area contributed by atoms with Crippen LogP contribution in [0.5, 0.6) is 5.75 Å². The quantitative estimate of drug-likeness (QED) is 0.246. The van der Waals surface area contributed by atoms with Crippen LogP contribution < -0.4 is 4.74 Å². The molecule has 1 aliphatic heterocycles. The molecule has 1 heterocycles. The number of methoxy groups -OCH3 is 1. The van der Waals surface area contributed by atoms with Crippen LogP contribution in [0, 0.1) is 10.1 Å². The average Bonchev–Trinajstić information content (AvgIpc) is 2.86. The molecule has 0 spiro atoms. The Labute approximate surface area is 219 Å². The zero-order chi connectivity index (χ0) is 27.1. The van der Waals surface area contributed by atoms with Crippen LogP contribution in [0.3, 0.4) is 0 Å². The molecule has 37 heavy (non-hydrogen) atoms. The molecule has 196 valence electrons. The van der Waals surface area contributed by atoms with Crippen LogP contribution in [0.2, 0.25) is 0 Å². The number of esters is 1. The van der Waals surface area contributed by atoms with Gasteiger partial charge >= 0.3 is 12.1 Å². The Morgan fingerprint density at radius 3 is 2.49 bits per heavy atom. The molecule has 1 atom stereocenters. The Balaban J connectivity index is 2.12. The maximum absolute atomic E-state index is 13.4. The highest BCUT2D eigenvalue weighted by atomic mass is 32.2. The lowest BCUT2D eigenvalue weighted by Crippen LogP contribution is -2.44. The van der Waals surface area contributed by atoms with E-state index < -0.39 is 29.1 Å². The zero-order valence-corrected chi connectivity index (χ0v) is 22.1. The largest absolute Gasteiger partial charge is 0.497 e. The summed E-state index contributed by atoms with van der Waals surface area (Å²) in [5.74, 6) is 0.508. The molecule has 0 saturated heterocycles. The van der Waals surface area contributed by atoms with Crippen LogP contribution in [0.15, 0.2) is 64.8 Å². The van der Waals surface area contributed by atoms with Gasteiger partial charge < -0.3 is 14.2 Å². The van der Waals surface area contributed by atoms with Gasteiger partial charge in [0.15, 0.2) is 5.17 Å². The van der Waals surface area contributed by atoms with Gasteiger partial charge in [0, 0.05) is 17.9 Å². The first-order valence-corrected chi connectivity index (χ1v) is 12.6. The molecule has 0 bridgehead atoms. The lowest BCUT2D eigenvalue weighted by atomic mass is 9.94. The van der Waals surface area contributed by atoms with Gasteiger partial charge in [-0.2, -0.15) is 0 Å². The molecule has 1 unspecified atom stereocenters. The summed E-state index contributed by atoms with van der Waals surface area (Å²) in [6.07, 6.45) is -1.19. The number of nitrogens with zero attached hydrogens (tertiary/aromatic N) is 3. The summed E-state index contributed by atoms with van der Waals surface area (Å²) in [6.45, 7) is 6.84. The van der Waals surface area contributed by atoms with Crippen molar-refractivity contribution in [3.63, 3.8) is 0 Å². The van der Waals surface area contributed by atoms with Crippen molar-refractivity contribution in [1.29, 1.82) is 0 Å². The number of allylic oxidation sites excluding steroid dienone is 1. The first kappa shape index (κ1) is 27.7. The fourth-order valence-electron chi connectivity index (χ4n) is 3.70. The Bertz CT molecular complexity index is 1220. The number of amidine groups is 1. The highest BCUT2D eigenvalue weighted by molar-refractivity contribution is 8.13. The van der Waals surface area contributed by atoms with Crippen molar-refractivity contribution in [3.8, 4) is 5.75 Å². The van der Waals surface area contributed by atoms with Gasteiger partial charge in [0.05, 0.1) is 36.0 Å². The van der Waals surface area contributed by atoms with Gasteiger partial charge in [-0.25, -0.2) is 19.5 Å². The number of hydrogen-bond donors (Lipinski definition) is 0. The van der Waals surface area contributed by atoms with E-state index in [1.54, 1.807) is 40.9 Å². The molecule has 0 aromatic heterocycles. The number of aliphatic imine (C=N–C) groups is 1. The molecule has 0 aliphatic carbocycles. The molecule has 11 heteroatoms. The predicted molar refractivity (Wildman–Crippen MR) is 140 cm³/mol. The minimum atomic E-state index is -1.04. The molecule has 0 fully saturated rings. The highest BCUT2D eigenvalue weighted by Crippen LogP contribution is 2.40. The Morgan fingerprint density at radius 2 is 1.89 bits per heavy atom. The molecule has 0 N–H and O–H groups in total. The van der Waals surface area contributed by atoms with Gasteiger partial charge in [-0.1, -0.05) is 36.0 Å². The van der Waals surface area contributed by atoms with E-state index in [0.29, 0.717) is 22.2 Å². The number of carbonyl (C=O) groups is 2. The van der Waals surface area contributed by atoms with Crippen molar-refractivity contribution < 1.29 is 28.7 Å². The second kappa shape index (κ2) is 12.4. The second-order valence-electron chi connectivity index (χ2n) is 8.31. The van der Waals surface area contributed by atoms with Crippen LogP contribution in [0.1, 0.15) is 44.9 Å². The van der Waals surface area contributed by atoms with E-state index in [1.165, 1.54) is 34.9 Å². The molecular formula is C26H29N3O7S. The molecule has 3 rings (SSSR count). The molecule has 1 amide bonds. The number of nitro groups is 1. The Morgan fingerprint density at radius 1 is 1.19 bits per heavy atom. The first-order chi connectivity index (χ1) is 17.7. The van der Waals surface area contributed by atoms with Gasteiger partial charge in [0.25, 0.3) is 5.69 Å². The van der Waals surface area contributed by atoms with Crippen molar-refractivity contribution in [2.75, 3.05) is 13.7 Å². The van der Waals surface area contributed by atoms with E-state index in [-0.39, 0.29) is 17.9 Å². The minimum absolute atomic E-state index is 0.108. The van der Waals surface area contributed by atoms with Gasteiger partial charge in [0.2, 0.25) is 0 Å². The average molecular weight is 528 g/mol.